The summed E-state index contributed by atoms with van der Waals surface area (Å²) in [6, 6.07) is 22.7. The summed E-state index contributed by atoms with van der Waals surface area (Å²) in [5.41, 5.74) is 1.96. The maximum absolute atomic E-state index is 13.2. The monoisotopic (exact) mass is 762 g/mol. The van der Waals surface area contributed by atoms with Crippen molar-refractivity contribution < 1.29 is 57.2 Å². The maximum atomic E-state index is 13.2. The van der Waals surface area contributed by atoms with Crippen LogP contribution in [0.15, 0.2) is 84.9 Å². The zero-order valence-corrected chi connectivity index (χ0v) is 30.4. The molecule has 0 aromatic heterocycles. The van der Waals surface area contributed by atoms with Crippen molar-refractivity contribution in [2.24, 2.45) is 0 Å². The van der Waals surface area contributed by atoms with Crippen LogP contribution in [0.3, 0.4) is 0 Å². The summed E-state index contributed by atoms with van der Waals surface area (Å²) in [5.74, 6) is -0.821. The van der Waals surface area contributed by atoms with E-state index in [0.717, 1.165) is 9.80 Å². The number of fused-ring (bicyclic) bond motifs is 4. The lowest BCUT2D eigenvalue weighted by atomic mass is 10.1. The standard InChI is InChI=1S/C42H38N2O12/c45-33(13-15-43-39(47)29-5-1-2-6-30(29)40(43)48)27-9-11-35-37(25-27)55-23-19-52-20-24-56-38-26-28(10-12-36(38)54-22-18-51-17-21-53-35)34(46)14-16-44-41(49)31-7-3-4-8-32(31)42(44)50/h1-12,25-26H,13-24H2. The zero-order valence-electron chi connectivity index (χ0n) is 30.4. The number of hydrogen-bond donors (Lipinski definition) is 0. The average Bonchev–Trinajstić information content (AvgIpc) is 3.61. The number of ketones is 2. The summed E-state index contributed by atoms with van der Waals surface area (Å²) < 4.78 is 35.2. The first-order valence-corrected chi connectivity index (χ1v) is 18.2. The Morgan fingerprint density at radius 3 is 1.09 bits per heavy atom. The first kappa shape index (κ1) is 37.9. The van der Waals surface area contributed by atoms with Crippen LogP contribution >= 0.6 is 0 Å². The molecule has 4 amide bonds. The van der Waals surface area contributed by atoms with Crippen LogP contribution in [0.1, 0.15) is 75.0 Å². The van der Waals surface area contributed by atoms with Gasteiger partial charge in [0.25, 0.3) is 23.6 Å². The van der Waals surface area contributed by atoms with Crippen LogP contribution in [0, 0.1) is 0 Å². The molecule has 3 aliphatic heterocycles. The van der Waals surface area contributed by atoms with E-state index in [1.807, 2.05) is 0 Å². The van der Waals surface area contributed by atoms with Gasteiger partial charge in [-0.15, -0.1) is 0 Å². The van der Waals surface area contributed by atoms with Gasteiger partial charge >= 0.3 is 0 Å². The van der Waals surface area contributed by atoms with E-state index >= 15 is 0 Å². The molecule has 3 aliphatic rings. The van der Waals surface area contributed by atoms with Crippen molar-refractivity contribution in [1.29, 1.82) is 0 Å². The fourth-order valence-corrected chi connectivity index (χ4v) is 6.47. The average molecular weight is 763 g/mol. The summed E-state index contributed by atoms with van der Waals surface area (Å²) in [7, 11) is 0. The molecule has 7 rings (SSSR count). The molecule has 0 bridgehead atoms. The van der Waals surface area contributed by atoms with E-state index in [2.05, 4.69) is 0 Å². The molecule has 288 valence electrons. The van der Waals surface area contributed by atoms with E-state index in [1.54, 1.807) is 84.9 Å². The minimum Gasteiger partial charge on any atom is -0.487 e. The Bertz CT molecular complexity index is 1960. The second-order valence-electron chi connectivity index (χ2n) is 12.9. The predicted octanol–water partition coefficient (Wildman–Crippen LogP) is 4.69. The van der Waals surface area contributed by atoms with E-state index in [0.29, 0.717) is 56.4 Å². The molecule has 0 radical (unpaired) electrons. The number of benzene rings is 4. The largest absolute Gasteiger partial charge is 0.487 e. The first-order chi connectivity index (χ1) is 27.3. The minimum atomic E-state index is -0.421. The third kappa shape index (κ3) is 8.31. The van der Waals surface area contributed by atoms with Gasteiger partial charge in [0, 0.05) is 37.1 Å². The first-order valence-electron chi connectivity index (χ1n) is 18.2. The Hall–Kier alpha value is -6.38. The molecule has 14 nitrogen and oxygen atoms in total. The molecule has 4 aromatic rings. The van der Waals surface area contributed by atoms with Gasteiger partial charge < -0.3 is 28.4 Å². The molecular weight excluding hydrogens is 724 g/mol. The van der Waals surface area contributed by atoms with E-state index < -0.39 is 23.6 Å². The Morgan fingerprint density at radius 1 is 0.429 bits per heavy atom. The summed E-state index contributed by atoms with van der Waals surface area (Å²) in [5, 5.41) is 0. The number of rotatable bonds is 8. The van der Waals surface area contributed by atoms with Gasteiger partial charge in [-0.25, -0.2) is 0 Å². The van der Waals surface area contributed by atoms with E-state index in [1.165, 1.54) is 0 Å². The summed E-state index contributed by atoms with van der Waals surface area (Å²) in [6.45, 7) is 1.24. The van der Waals surface area contributed by atoms with Crippen LogP contribution < -0.4 is 18.9 Å². The Kier molecular flexibility index (Phi) is 11.8. The van der Waals surface area contributed by atoms with Crippen molar-refractivity contribution in [3.63, 3.8) is 0 Å². The highest BCUT2D eigenvalue weighted by Crippen LogP contribution is 2.31. The number of nitrogens with zero attached hydrogens (tertiary/aromatic N) is 2. The fourth-order valence-electron chi connectivity index (χ4n) is 6.47. The second-order valence-corrected chi connectivity index (χ2v) is 12.9. The third-order valence-corrected chi connectivity index (χ3v) is 9.35. The smallest absolute Gasteiger partial charge is 0.261 e. The van der Waals surface area contributed by atoms with Gasteiger partial charge in [-0.05, 0) is 60.7 Å². The summed E-state index contributed by atoms with van der Waals surface area (Å²) in [6.07, 6.45) is -0.141. The predicted molar refractivity (Wildman–Crippen MR) is 198 cm³/mol. The molecule has 0 saturated carbocycles. The lowest BCUT2D eigenvalue weighted by molar-refractivity contribution is 0.0630. The Morgan fingerprint density at radius 2 is 0.750 bits per heavy atom. The fraction of sp³-hybridized carbons (Fsp3) is 0.286. The molecule has 56 heavy (non-hydrogen) atoms. The molecule has 0 N–H and O–H groups in total. The number of ether oxygens (including phenoxy) is 6. The van der Waals surface area contributed by atoms with Gasteiger partial charge in [-0.3, -0.25) is 38.6 Å². The van der Waals surface area contributed by atoms with E-state index in [4.69, 9.17) is 28.4 Å². The van der Waals surface area contributed by atoms with Gasteiger partial charge in [0.15, 0.2) is 34.6 Å². The van der Waals surface area contributed by atoms with Crippen molar-refractivity contribution >= 4 is 35.2 Å². The van der Waals surface area contributed by atoms with Crippen LogP contribution in [0.25, 0.3) is 0 Å². The maximum Gasteiger partial charge on any atom is 0.261 e. The van der Waals surface area contributed by atoms with Crippen LogP contribution in [-0.4, -0.2) is 111 Å². The molecule has 0 aliphatic carbocycles. The van der Waals surface area contributed by atoms with Gasteiger partial charge in [-0.1, -0.05) is 24.3 Å². The lowest BCUT2D eigenvalue weighted by Crippen LogP contribution is -2.31. The topological polar surface area (TPSA) is 164 Å². The molecule has 0 fully saturated rings. The summed E-state index contributed by atoms with van der Waals surface area (Å²) >= 11 is 0. The second kappa shape index (κ2) is 17.4. The number of carbonyl (C=O) groups excluding carboxylic acids is 6. The molecule has 3 heterocycles. The molecule has 0 unspecified atom stereocenters. The molecule has 14 heteroatoms. The van der Waals surface area contributed by atoms with Gasteiger partial charge in [0.1, 0.15) is 26.4 Å². The molecular formula is C42H38N2O12. The van der Waals surface area contributed by atoms with Crippen molar-refractivity contribution in [3.05, 3.63) is 118 Å². The van der Waals surface area contributed by atoms with Crippen LogP contribution in [0.5, 0.6) is 23.0 Å². The lowest BCUT2D eigenvalue weighted by Gasteiger charge is -2.17. The van der Waals surface area contributed by atoms with Crippen molar-refractivity contribution in [3.8, 4) is 23.0 Å². The number of imide groups is 2. The Labute approximate surface area is 321 Å². The highest BCUT2D eigenvalue weighted by atomic mass is 16.6. The number of carbonyl (C=O) groups is 6. The molecule has 4 aromatic carbocycles. The van der Waals surface area contributed by atoms with Crippen molar-refractivity contribution in [1.82, 2.24) is 9.80 Å². The van der Waals surface area contributed by atoms with Crippen molar-refractivity contribution in [2.75, 3.05) is 65.9 Å². The zero-order chi connectivity index (χ0) is 39.0. The van der Waals surface area contributed by atoms with Gasteiger partial charge in [0.05, 0.1) is 48.7 Å². The van der Waals surface area contributed by atoms with Gasteiger partial charge in [0.2, 0.25) is 0 Å². The van der Waals surface area contributed by atoms with Gasteiger partial charge in [-0.2, -0.15) is 0 Å². The van der Waals surface area contributed by atoms with Crippen LogP contribution in [-0.2, 0) is 9.47 Å². The SMILES string of the molecule is O=C(CCN1C(=O)c2ccccc2C1=O)c1ccc2c(c1)OCCOCCOc1cc(C(=O)CCN3C(=O)c4ccccc4C3=O)ccc1OCCOCCO2. The third-order valence-electron chi connectivity index (χ3n) is 9.35. The van der Waals surface area contributed by atoms with E-state index in [9.17, 15) is 28.8 Å². The quantitative estimate of drug-likeness (QED) is 0.180. The number of hydrogen-bond acceptors (Lipinski definition) is 12. The van der Waals surface area contributed by atoms with Crippen LogP contribution in [0.2, 0.25) is 0 Å². The Balaban J connectivity index is 0.931. The summed E-state index contributed by atoms with van der Waals surface area (Å²) in [4.78, 5) is 79.5. The number of amides is 4. The van der Waals surface area contributed by atoms with E-state index in [-0.39, 0.29) is 90.4 Å². The molecule has 0 saturated heterocycles. The van der Waals surface area contributed by atoms with Crippen LogP contribution in [0.4, 0.5) is 0 Å². The van der Waals surface area contributed by atoms with Crippen molar-refractivity contribution in [2.45, 2.75) is 12.8 Å². The molecule has 0 atom stereocenters. The highest BCUT2D eigenvalue weighted by Gasteiger charge is 2.36. The molecule has 0 spiro atoms. The minimum absolute atomic E-state index is 0.0581. The highest BCUT2D eigenvalue weighted by molar-refractivity contribution is 6.22. The number of Topliss-reactive ketones (excluding diaryl/α,β-unsaturated/α-hetero) is 2. The normalized spacial score (nSPS) is 16.2.